The van der Waals surface area contributed by atoms with E-state index in [1.807, 2.05) is 19.1 Å². The van der Waals surface area contributed by atoms with Gasteiger partial charge in [-0.2, -0.15) is 5.10 Å². The van der Waals surface area contributed by atoms with Gasteiger partial charge in [-0.25, -0.2) is 0 Å². The van der Waals surface area contributed by atoms with Gasteiger partial charge in [0, 0.05) is 5.39 Å². The minimum atomic E-state index is -0.0655. The predicted octanol–water partition coefficient (Wildman–Crippen LogP) is 1.56. The van der Waals surface area contributed by atoms with E-state index in [0.717, 1.165) is 41.5 Å². The normalized spacial score (nSPS) is 19.3. The van der Waals surface area contributed by atoms with Crippen LogP contribution in [0.15, 0.2) is 18.3 Å². The lowest BCUT2D eigenvalue weighted by Crippen LogP contribution is -2.35. The number of benzene rings is 1. The molecule has 1 amide bonds. The van der Waals surface area contributed by atoms with Crippen molar-refractivity contribution in [3.8, 4) is 0 Å². The van der Waals surface area contributed by atoms with Crippen molar-refractivity contribution in [1.29, 1.82) is 0 Å². The van der Waals surface area contributed by atoms with Crippen molar-refractivity contribution in [1.82, 2.24) is 15.5 Å². The lowest BCUT2D eigenvalue weighted by atomic mass is 10.1. The van der Waals surface area contributed by atoms with E-state index >= 15 is 0 Å². The molecule has 1 saturated heterocycles. The number of fused-ring (bicyclic) bond motifs is 1. The third kappa shape index (κ3) is 1.86. The molecule has 1 unspecified atom stereocenters. The number of rotatable bonds is 2. The predicted molar refractivity (Wildman–Crippen MR) is 70.5 cm³/mol. The summed E-state index contributed by atoms with van der Waals surface area (Å²) in [6.45, 7) is 2.95. The highest BCUT2D eigenvalue weighted by Crippen LogP contribution is 2.24. The van der Waals surface area contributed by atoms with Gasteiger partial charge in [-0.15, -0.1) is 0 Å². The van der Waals surface area contributed by atoms with E-state index in [2.05, 4.69) is 20.8 Å². The molecule has 1 atom stereocenters. The highest BCUT2D eigenvalue weighted by Gasteiger charge is 2.22. The lowest BCUT2D eigenvalue weighted by Gasteiger charge is -2.12. The number of H-pyrrole nitrogens is 1. The molecule has 0 spiro atoms. The van der Waals surface area contributed by atoms with E-state index in [0.29, 0.717) is 0 Å². The largest absolute Gasteiger partial charge is 0.323 e. The molecule has 1 fully saturated rings. The summed E-state index contributed by atoms with van der Waals surface area (Å²) in [5, 5.41) is 14.2. The van der Waals surface area contributed by atoms with E-state index in [4.69, 9.17) is 0 Å². The number of hydrogen-bond donors (Lipinski definition) is 3. The van der Waals surface area contributed by atoms with Crippen molar-refractivity contribution < 1.29 is 4.79 Å². The van der Waals surface area contributed by atoms with Gasteiger partial charge in [0.25, 0.3) is 0 Å². The molecule has 18 heavy (non-hydrogen) atoms. The van der Waals surface area contributed by atoms with Crippen LogP contribution in [0.1, 0.15) is 18.4 Å². The van der Waals surface area contributed by atoms with Crippen LogP contribution in [0, 0.1) is 6.92 Å². The maximum atomic E-state index is 12.1. The molecule has 3 N–H and O–H groups in total. The Morgan fingerprint density at radius 1 is 1.50 bits per heavy atom. The summed E-state index contributed by atoms with van der Waals surface area (Å²) in [7, 11) is 0. The van der Waals surface area contributed by atoms with Crippen LogP contribution in [0.4, 0.5) is 5.69 Å². The molecule has 0 radical (unpaired) electrons. The monoisotopic (exact) mass is 244 g/mol. The number of carbonyl (C=O) groups is 1. The van der Waals surface area contributed by atoms with Crippen LogP contribution in [-0.4, -0.2) is 28.7 Å². The molecule has 2 heterocycles. The van der Waals surface area contributed by atoms with E-state index in [9.17, 15) is 4.79 Å². The fourth-order valence-electron chi connectivity index (χ4n) is 2.40. The first kappa shape index (κ1) is 11.2. The van der Waals surface area contributed by atoms with Gasteiger partial charge in [0.2, 0.25) is 5.91 Å². The minimum Gasteiger partial charge on any atom is -0.323 e. The molecule has 5 heteroatoms. The summed E-state index contributed by atoms with van der Waals surface area (Å²) in [4.78, 5) is 12.1. The van der Waals surface area contributed by atoms with Gasteiger partial charge in [-0.05, 0) is 37.9 Å². The number of aromatic nitrogens is 2. The quantitative estimate of drug-likeness (QED) is 0.751. The second kappa shape index (κ2) is 4.42. The summed E-state index contributed by atoms with van der Waals surface area (Å²) in [6.07, 6.45) is 3.75. The topological polar surface area (TPSA) is 69.8 Å². The molecule has 94 valence electrons. The Hall–Kier alpha value is -1.88. The number of nitrogens with one attached hydrogen (secondary N) is 3. The van der Waals surface area contributed by atoms with E-state index in [-0.39, 0.29) is 11.9 Å². The Balaban J connectivity index is 1.88. The number of carbonyl (C=O) groups excluding carboxylic acids is 1. The Kier molecular flexibility index (Phi) is 2.76. The van der Waals surface area contributed by atoms with Gasteiger partial charge in [0.1, 0.15) is 0 Å². The van der Waals surface area contributed by atoms with Crippen molar-refractivity contribution in [2.45, 2.75) is 25.8 Å². The average molecular weight is 244 g/mol. The Labute approximate surface area is 105 Å². The highest BCUT2D eigenvalue weighted by molar-refractivity contribution is 6.03. The summed E-state index contributed by atoms with van der Waals surface area (Å²) < 4.78 is 0. The smallest absolute Gasteiger partial charge is 0.241 e. The van der Waals surface area contributed by atoms with Gasteiger partial charge in [0.15, 0.2) is 0 Å². The highest BCUT2D eigenvalue weighted by atomic mass is 16.2. The fourth-order valence-corrected chi connectivity index (χ4v) is 2.40. The lowest BCUT2D eigenvalue weighted by molar-refractivity contribution is -0.117. The molecule has 1 aromatic carbocycles. The molecule has 0 bridgehead atoms. The van der Waals surface area contributed by atoms with Crippen molar-refractivity contribution in [3.05, 3.63) is 23.9 Å². The van der Waals surface area contributed by atoms with Gasteiger partial charge in [-0.1, -0.05) is 6.07 Å². The van der Waals surface area contributed by atoms with Crippen LogP contribution in [0.25, 0.3) is 10.9 Å². The summed E-state index contributed by atoms with van der Waals surface area (Å²) in [5.41, 5.74) is 2.84. The van der Waals surface area contributed by atoms with E-state index in [1.54, 1.807) is 6.20 Å². The zero-order chi connectivity index (χ0) is 12.5. The Morgan fingerprint density at radius 2 is 2.39 bits per heavy atom. The molecule has 5 nitrogen and oxygen atoms in total. The molecule has 1 aromatic heterocycles. The van der Waals surface area contributed by atoms with Crippen LogP contribution in [-0.2, 0) is 4.79 Å². The van der Waals surface area contributed by atoms with Gasteiger partial charge in [0.05, 0.1) is 23.4 Å². The Bertz CT molecular complexity index is 584. The van der Waals surface area contributed by atoms with Crippen LogP contribution in [0.5, 0.6) is 0 Å². The van der Waals surface area contributed by atoms with Crippen molar-refractivity contribution >= 4 is 22.5 Å². The van der Waals surface area contributed by atoms with Crippen LogP contribution < -0.4 is 10.6 Å². The van der Waals surface area contributed by atoms with E-state index in [1.165, 1.54) is 0 Å². The SMILES string of the molecule is Cc1ccc(NC(=O)C2CCCN2)c2[nH]ncc12. The zero-order valence-electron chi connectivity index (χ0n) is 10.3. The number of aryl methyl sites for hydroxylation is 1. The first-order chi connectivity index (χ1) is 8.75. The summed E-state index contributed by atoms with van der Waals surface area (Å²) >= 11 is 0. The number of nitrogens with zero attached hydrogens (tertiary/aromatic N) is 1. The number of amides is 1. The van der Waals surface area contributed by atoms with Crippen LogP contribution >= 0.6 is 0 Å². The molecule has 1 aliphatic heterocycles. The number of anilines is 1. The first-order valence-corrected chi connectivity index (χ1v) is 6.22. The zero-order valence-corrected chi connectivity index (χ0v) is 10.3. The minimum absolute atomic E-state index is 0.0345. The average Bonchev–Trinajstić information content (AvgIpc) is 3.01. The van der Waals surface area contributed by atoms with Crippen LogP contribution in [0.3, 0.4) is 0 Å². The summed E-state index contributed by atoms with van der Waals surface area (Å²) in [5.74, 6) is 0.0345. The van der Waals surface area contributed by atoms with Crippen LogP contribution in [0.2, 0.25) is 0 Å². The second-order valence-electron chi connectivity index (χ2n) is 4.73. The molecule has 3 rings (SSSR count). The fraction of sp³-hybridized carbons (Fsp3) is 0.385. The summed E-state index contributed by atoms with van der Waals surface area (Å²) in [6, 6.07) is 3.85. The second-order valence-corrected chi connectivity index (χ2v) is 4.73. The standard InChI is InChI=1S/C13H16N4O/c1-8-4-5-10(12-9(8)7-15-17-12)16-13(18)11-3-2-6-14-11/h4-5,7,11,14H,2-3,6H2,1H3,(H,15,17)(H,16,18). The van der Waals surface area contributed by atoms with Gasteiger partial charge >= 0.3 is 0 Å². The number of aromatic amines is 1. The molecule has 0 saturated carbocycles. The maximum Gasteiger partial charge on any atom is 0.241 e. The maximum absolute atomic E-state index is 12.1. The number of hydrogen-bond acceptors (Lipinski definition) is 3. The third-order valence-electron chi connectivity index (χ3n) is 3.47. The Morgan fingerprint density at radius 3 is 3.17 bits per heavy atom. The van der Waals surface area contributed by atoms with Gasteiger partial charge in [-0.3, -0.25) is 9.89 Å². The molecule has 1 aliphatic rings. The van der Waals surface area contributed by atoms with E-state index < -0.39 is 0 Å². The molecular formula is C13H16N4O. The van der Waals surface area contributed by atoms with Crippen molar-refractivity contribution in [2.75, 3.05) is 11.9 Å². The van der Waals surface area contributed by atoms with Crippen molar-refractivity contribution in [2.24, 2.45) is 0 Å². The molecule has 2 aromatic rings. The molecule has 0 aliphatic carbocycles. The first-order valence-electron chi connectivity index (χ1n) is 6.22. The molecular weight excluding hydrogens is 228 g/mol. The third-order valence-corrected chi connectivity index (χ3v) is 3.47. The van der Waals surface area contributed by atoms with Crippen molar-refractivity contribution in [3.63, 3.8) is 0 Å². The van der Waals surface area contributed by atoms with Gasteiger partial charge < -0.3 is 10.6 Å².